The first kappa shape index (κ1) is 64.2. The molecule has 2 atom stereocenters. The number of unbranched alkanes of at least 4 members (excludes halogenated alkanes) is 16. The molecule has 2 unspecified atom stereocenters. The van der Waals surface area contributed by atoms with Crippen LogP contribution in [0.25, 0.3) is 0 Å². The third-order valence-corrected chi connectivity index (χ3v) is 11.8. The molecule has 0 rings (SSSR count). The summed E-state index contributed by atoms with van der Waals surface area (Å²) < 4.78 is 34.8. The van der Waals surface area contributed by atoms with Crippen molar-refractivity contribution in [3.63, 3.8) is 0 Å². The highest BCUT2D eigenvalue weighted by Gasteiger charge is 2.20. The largest absolute Gasteiger partial charge is 0.756 e. The maximum atomic E-state index is 12.8. The number of phosphoric acid groups is 1. The quantitative estimate of drug-likeness (QED) is 0.0197. The molecule has 67 heavy (non-hydrogen) atoms. The van der Waals surface area contributed by atoms with E-state index in [0.717, 1.165) is 109 Å². The van der Waals surface area contributed by atoms with E-state index >= 15 is 0 Å². The summed E-state index contributed by atoms with van der Waals surface area (Å²) in [7, 11) is 1.32. The van der Waals surface area contributed by atoms with Crippen molar-refractivity contribution in [1.29, 1.82) is 0 Å². The number of phosphoric ester groups is 1. The fourth-order valence-corrected chi connectivity index (χ4v) is 7.53. The molecule has 0 aliphatic heterocycles. The molecule has 0 aromatic carbocycles. The Morgan fingerprint density at radius 3 is 1.22 bits per heavy atom. The molecule has 0 N–H and O–H groups in total. The van der Waals surface area contributed by atoms with Crippen molar-refractivity contribution in [3.8, 4) is 0 Å². The summed E-state index contributed by atoms with van der Waals surface area (Å²) >= 11 is 0. The third kappa shape index (κ3) is 54.0. The molecule has 0 aromatic heterocycles. The summed E-state index contributed by atoms with van der Waals surface area (Å²) in [6.45, 7) is 5.14. The number of esters is 1. The Morgan fingerprint density at radius 1 is 0.463 bits per heavy atom. The van der Waals surface area contributed by atoms with Crippen LogP contribution in [0.4, 0.5) is 0 Å². The summed E-state index contributed by atoms with van der Waals surface area (Å²) in [5, 5.41) is 0. The normalized spacial score (nSPS) is 14.4. The van der Waals surface area contributed by atoms with Crippen molar-refractivity contribution >= 4 is 13.8 Å². The predicted octanol–water partition coefficient (Wildman–Crippen LogP) is 16.1. The van der Waals surface area contributed by atoms with Gasteiger partial charge in [0.05, 0.1) is 34.4 Å². The smallest absolute Gasteiger partial charge is 0.306 e. The Labute approximate surface area is 412 Å². The number of carbonyl (C=O) groups is 1. The molecule has 0 amide bonds. The lowest BCUT2D eigenvalue weighted by Crippen LogP contribution is -2.37. The number of hydrogen-bond acceptors (Lipinski definition) is 7. The van der Waals surface area contributed by atoms with Crippen LogP contribution in [0.2, 0.25) is 0 Å². The van der Waals surface area contributed by atoms with Crippen LogP contribution in [0.3, 0.4) is 0 Å². The number of rotatable bonds is 48. The average molecular weight is 954 g/mol. The van der Waals surface area contributed by atoms with E-state index in [1.807, 2.05) is 21.1 Å². The first-order valence-corrected chi connectivity index (χ1v) is 28.1. The van der Waals surface area contributed by atoms with Crippen LogP contribution in [0, 0.1) is 0 Å². The van der Waals surface area contributed by atoms with Crippen molar-refractivity contribution in [2.24, 2.45) is 0 Å². The zero-order valence-electron chi connectivity index (χ0n) is 43.6. The van der Waals surface area contributed by atoms with Gasteiger partial charge in [-0.2, -0.15) is 0 Å². The van der Waals surface area contributed by atoms with Crippen molar-refractivity contribution in [2.75, 3.05) is 54.1 Å². The van der Waals surface area contributed by atoms with E-state index in [9.17, 15) is 14.3 Å². The van der Waals surface area contributed by atoms with Crippen LogP contribution in [-0.2, 0) is 27.9 Å². The number of ether oxygens (including phenoxy) is 2. The minimum atomic E-state index is -4.55. The summed E-state index contributed by atoms with van der Waals surface area (Å²) in [4.78, 5) is 25.2. The number of allylic oxidation sites excluding steroid dienone is 18. The second-order valence-electron chi connectivity index (χ2n) is 18.5. The van der Waals surface area contributed by atoms with Gasteiger partial charge in [0, 0.05) is 13.0 Å². The van der Waals surface area contributed by atoms with E-state index in [2.05, 4.69) is 123 Å². The van der Waals surface area contributed by atoms with Gasteiger partial charge in [0.1, 0.15) is 19.3 Å². The van der Waals surface area contributed by atoms with Crippen molar-refractivity contribution < 1.29 is 37.3 Å². The van der Waals surface area contributed by atoms with Crippen LogP contribution in [-0.4, -0.2) is 70.7 Å². The third-order valence-electron chi connectivity index (χ3n) is 10.8. The standard InChI is InChI=1S/C58H100NO7P/c1-6-8-10-12-14-16-18-20-22-24-26-28-29-30-32-34-36-38-40-42-44-46-48-50-53-63-55-57(56-65-67(61,62)64-54-52-59(3,4)5)66-58(60)51-49-47-45-43-41-39-37-35-33-31-27-25-23-21-19-17-15-13-11-9-7-2/h8-11,14-17,20-23,26-28,31,35,37,57H,6-7,12-13,18-19,24-25,29-30,32-34,36,38-56H2,1-5H3/b10-8-,11-9-,16-14-,17-15-,22-20-,23-21-,28-26-,31-27-,37-35-. The first-order chi connectivity index (χ1) is 32.6. The highest BCUT2D eigenvalue weighted by atomic mass is 31.2. The van der Waals surface area contributed by atoms with Gasteiger partial charge in [0.15, 0.2) is 0 Å². The maximum Gasteiger partial charge on any atom is 0.306 e. The first-order valence-electron chi connectivity index (χ1n) is 26.6. The molecule has 0 aromatic rings. The highest BCUT2D eigenvalue weighted by Crippen LogP contribution is 2.38. The van der Waals surface area contributed by atoms with Crippen LogP contribution in [0.5, 0.6) is 0 Å². The highest BCUT2D eigenvalue weighted by molar-refractivity contribution is 7.45. The molecular weight excluding hydrogens is 854 g/mol. The molecule has 0 fully saturated rings. The van der Waals surface area contributed by atoms with E-state index in [1.54, 1.807) is 0 Å². The lowest BCUT2D eigenvalue weighted by atomic mass is 10.1. The predicted molar refractivity (Wildman–Crippen MR) is 286 cm³/mol. The SMILES string of the molecule is CC/C=C\C/C=C\C/C=C\C/C=C\C/C=C\CCCCCCCC(=O)OC(COCCCCCCCCCCCCC/C=C\C/C=C\C/C=C\C/C=C\CC)COP(=O)([O-])OCC[N+](C)(C)C. The van der Waals surface area contributed by atoms with Gasteiger partial charge < -0.3 is 27.9 Å². The van der Waals surface area contributed by atoms with Crippen LogP contribution >= 0.6 is 7.82 Å². The Kier molecular flexibility index (Phi) is 47.5. The van der Waals surface area contributed by atoms with Gasteiger partial charge in [-0.3, -0.25) is 9.36 Å². The van der Waals surface area contributed by atoms with E-state index < -0.39 is 13.9 Å². The molecular formula is C58H100NO7P. The van der Waals surface area contributed by atoms with Crippen molar-refractivity contribution in [3.05, 3.63) is 109 Å². The van der Waals surface area contributed by atoms with Gasteiger partial charge in [-0.25, -0.2) is 0 Å². The molecule has 0 aliphatic carbocycles. The van der Waals surface area contributed by atoms with Gasteiger partial charge in [0.25, 0.3) is 7.82 Å². The Bertz CT molecular complexity index is 1430. The fraction of sp³-hybridized carbons (Fsp3) is 0.672. The topological polar surface area (TPSA) is 94.1 Å². The lowest BCUT2D eigenvalue weighted by Gasteiger charge is -2.28. The molecule has 0 spiro atoms. The number of nitrogens with zero attached hydrogens (tertiary/aromatic N) is 1. The molecule has 9 heteroatoms. The fourth-order valence-electron chi connectivity index (χ4n) is 6.80. The lowest BCUT2D eigenvalue weighted by molar-refractivity contribution is -0.870. The monoisotopic (exact) mass is 954 g/mol. The average Bonchev–Trinajstić information content (AvgIpc) is 3.29. The zero-order chi connectivity index (χ0) is 49.0. The minimum absolute atomic E-state index is 0.0152. The number of likely N-dealkylation sites (N-methyl/N-ethyl adjacent to an activating group) is 1. The molecule has 0 heterocycles. The molecule has 0 saturated carbocycles. The number of carbonyl (C=O) groups excluding carboxylic acids is 1. The van der Waals surface area contributed by atoms with Gasteiger partial charge in [0.2, 0.25) is 0 Å². The van der Waals surface area contributed by atoms with E-state index in [1.165, 1.54) is 64.2 Å². The van der Waals surface area contributed by atoms with E-state index in [0.29, 0.717) is 17.6 Å². The van der Waals surface area contributed by atoms with Crippen molar-refractivity contribution in [2.45, 2.75) is 200 Å². The summed E-state index contributed by atoms with van der Waals surface area (Å²) in [5.74, 6) is -0.357. The summed E-state index contributed by atoms with van der Waals surface area (Å²) in [6.07, 6.45) is 69.7. The summed E-state index contributed by atoms with van der Waals surface area (Å²) in [5.41, 5.74) is 0. The van der Waals surface area contributed by atoms with E-state index in [-0.39, 0.29) is 32.2 Å². The molecule has 384 valence electrons. The van der Waals surface area contributed by atoms with Gasteiger partial charge >= 0.3 is 5.97 Å². The summed E-state index contributed by atoms with van der Waals surface area (Å²) in [6, 6.07) is 0. The molecule has 0 saturated heterocycles. The van der Waals surface area contributed by atoms with Gasteiger partial charge in [-0.15, -0.1) is 0 Å². The minimum Gasteiger partial charge on any atom is -0.756 e. The van der Waals surface area contributed by atoms with Gasteiger partial charge in [-0.05, 0) is 96.3 Å². The van der Waals surface area contributed by atoms with Crippen LogP contribution in [0.1, 0.15) is 194 Å². The second-order valence-corrected chi connectivity index (χ2v) is 19.9. The Morgan fingerprint density at radius 2 is 0.821 bits per heavy atom. The Balaban J connectivity index is 4.19. The molecule has 0 aliphatic rings. The maximum absolute atomic E-state index is 12.8. The molecule has 0 radical (unpaired) electrons. The van der Waals surface area contributed by atoms with Crippen LogP contribution in [0.15, 0.2) is 109 Å². The van der Waals surface area contributed by atoms with Crippen molar-refractivity contribution in [1.82, 2.24) is 0 Å². The van der Waals surface area contributed by atoms with Gasteiger partial charge in [-0.1, -0.05) is 200 Å². The molecule has 8 nitrogen and oxygen atoms in total. The van der Waals surface area contributed by atoms with E-state index in [4.69, 9.17) is 18.5 Å². The number of hydrogen-bond donors (Lipinski definition) is 0. The van der Waals surface area contributed by atoms with Crippen LogP contribution < -0.4 is 4.89 Å². The number of quaternary nitrogens is 1. The zero-order valence-corrected chi connectivity index (χ0v) is 44.5. The second kappa shape index (κ2) is 49.6. The molecule has 0 bridgehead atoms. The Hall–Kier alpha value is -2.84.